The number of rotatable bonds is 15. The van der Waals surface area contributed by atoms with Crippen LogP contribution < -0.4 is 16.0 Å². The first-order valence-electron chi connectivity index (χ1n) is 12.8. The standard InChI is InChI=1S/C29H38IN3O5/c1-20(2)18-24(28(36)33-25(29(37)38-3)19-22-12-8-5-9-13-22)32-27(35)23(31-26(34)16-17-30)15-14-21-10-6-4-7-11-21/h4-13,20,23-25H,14-19H2,1-3H3,(H,31,34)(H,32,35)(H,33,36)/t23-,24-,25-/m0/s1. The minimum Gasteiger partial charge on any atom is -0.467 e. The van der Waals surface area contributed by atoms with Gasteiger partial charge in [0.15, 0.2) is 0 Å². The van der Waals surface area contributed by atoms with Crippen LogP contribution in [-0.2, 0) is 36.8 Å². The Morgan fingerprint density at radius 1 is 0.789 bits per heavy atom. The molecule has 3 amide bonds. The number of esters is 1. The minimum absolute atomic E-state index is 0.0909. The second kappa shape index (κ2) is 16.8. The van der Waals surface area contributed by atoms with E-state index in [9.17, 15) is 19.2 Å². The lowest BCUT2D eigenvalue weighted by molar-refractivity contribution is -0.145. The molecule has 2 aromatic rings. The van der Waals surface area contributed by atoms with Gasteiger partial charge >= 0.3 is 5.97 Å². The predicted octanol–water partition coefficient (Wildman–Crippen LogP) is 3.36. The number of methoxy groups -OCH3 is 1. The monoisotopic (exact) mass is 635 g/mol. The fourth-order valence-corrected chi connectivity index (χ4v) is 4.50. The fraction of sp³-hybridized carbons (Fsp3) is 0.448. The van der Waals surface area contributed by atoms with Gasteiger partial charge in [0.2, 0.25) is 17.7 Å². The first kappa shape index (κ1) is 31.3. The number of aryl methyl sites for hydroxylation is 1. The largest absolute Gasteiger partial charge is 0.467 e. The summed E-state index contributed by atoms with van der Waals surface area (Å²) in [5, 5.41) is 8.43. The number of hydrogen-bond acceptors (Lipinski definition) is 5. The topological polar surface area (TPSA) is 114 Å². The number of hydrogen-bond donors (Lipinski definition) is 3. The van der Waals surface area contributed by atoms with E-state index in [1.165, 1.54) is 7.11 Å². The molecule has 2 aromatic carbocycles. The molecule has 0 aliphatic rings. The maximum atomic E-state index is 13.4. The predicted molar refractivity (Wildman–Crippen MR) is 156 cm³/mol. The zero-order valence-corrected chi connectivity index (χ0v) is 24.4. The lowest BCUT2D eigenvalue weighted by atomic mass is 10.00. The summed E-state index contributed by atoms with van der Waals surface area (Å²) >= 11 is 2.11. The maximum Gasteiger partial charge on any atom is 0.328 e. The third kappa shape index (κ3) is 11.2. The molecule has 0 aliphatic heterocycles. The van der Waals surface area contributed by atoms with E-state index >= 15 is 0 Å². The van der Waals surface area contributed by atoms with E-state index in [4.69, 9.17) is 4.74 Å². The van der Waals surface area contributed by atoms with Gasteiger partial charge in [-0.1, -0.05) is 97.1 Å². The van der Waals surface area contributed by atoms with Crippen LogP contribution in [-0.4, -0.2) is 53.4 Å². The Kier molecular flexibility index (Phi) is 13.8. The molecule has 2 rings (SSSR count). The zero-order chi connectivity index (χ0) is 27.9. The van der Waals surface area contributed by atoms with Crippen molar-refractivity contribution in [1.29, 1.82) is 0 Å². The van der Waals surface area contributed by atoms with E-state index in [2.05, 4.69) is 38.5 Å². The molecule has 0 aliphatic carbocycles. The number of alkyl halides is 1. The van der Waals surface area contributed by atoms with Crippen LogP contribution in [0, 0.1) is 5.92 Å². The van der Waals surface area contributed by atoms with Crippen LogP contribution in [0.1, 0.15) is 44.2 Å². The Bertz CT molecular complexity index is 1030. The first-order valence-corrected chi connectivity index (χ1v) is 14.4. The average Bonchev–Trinajstić information content (AvgIpc) is 2.90. The molecule has 8 nitrogen and oxygen atoms in total. The molecule has 0 heterocycles. The maximum absolute atomic E-state index is 13.4. The molecule has 0 spiro atoms. The summed E-state index contributed by atoms with van der Waals surface area (Å²) in [7, 11) is 1.27. The number of benzene rings is 2. The van der Waals surface area contributed by atoms with Crippen LogP contribution in [0.25, 0.3) is 0 Å². The molecule has 3 N–H and O–H groups in total. The van der Waals surface area contributed by atoms with Crippen molar-refractivity contribution in [1.82, 2.24) is 16.0 Å². The quantitative estimate of drug-likeness (QED) is 0.158. The molecule has 0 radical (unpaired) electrons. The van der Waals surface area contributed by atoms with E-state index in [1.54, 1.807) is 0 Å². The molecule has 0 saturated heterocycles. The highest BCUT2D eigenvalue weighted by Crippen LogP contribution is 2.11. The van der Waals surface area contributed by atoms with Gasteiger partial charge in [0.05, 0.1) is 7.11 Å². The van der Waals surface area contributed by atoms with Gasteiger partial charge in [-0.2, -0.15) is 0 Å². The summed E-state index contributed by atoms with van der Waals surface area (Å²) in [4.78, 5) is 51.5. The van der Waals surface area contributed by atoms with Gasteiger partial charge in [-0.25, -0.2) is 4.79 Å². The number of ether oxygens (including phenoxy) is 1. The van der Waals surface area contributed by atoms with Crippen molar-refractivity contribution >= 4 is 46.3 Å². The van der Waals surface area contributed by atoms with Crippen molar-refractivity contribution < 1.29 is 23.9 Å². The van der Waals surface area contributed by atoms with Gasteiger partial charge in [0.1, 0.15) is 18.1 Å². The van der Waals surface area contributed by atoms with Gasteiger partial charge in [0.25, 0.3) is 0 Å². The molecule has 0 saturated carbocycles. The summed E-state index contributed by atoms with van der Waals surface area (Å²) < 4.78 is 5.55. The van der Waals surface area contributed by atoms with E-state index in [0.717, 1.165) is 11.1 Å². The fourth-order valence-electron chi connectivity index (χ4n) is 4.01. The second-order valence-corrected chi connectivity index (χ2v) is 10.6. The molecule has 9 heteroatoms. The number of carbonyl (C=O) groups is 4. The van der Waals surface area contributed by atoms with E-state index in [1.807, 2.05) is 74.5 Å². The van der Waals surface area contributed by atoms with Crippen molar-refractivity contribution in [3.8, 4) is 0 Å². The lowest BCUT2D eigenvalue weighted by Crippen LogP contribution is -2.56. The van der Waals surface area contributed by atoms with Crippen molar-refractivity contribution in [2.45, 2.75) is 64.1 Å². The van der Waals surface area contributed by atoms with Gasteiger partial charge in [-0.3, -0.25) is 14.4 Å². The number of amides is 3. The van der Waals surface area contributed by atoms with Gasteiger partial charge in [-0.05, 0) is 36.3 Å². The summed E-state index contributed by atoms with van der Waals surface area (Å²) in [6, 6.07) is 16.4. The van der Waals surface area contributed by atoms with Crippen LogP contribution in [0.15, 0.2) is 60.7 Å². The molecular weight excluding hydrogens is 597 g/mol. The molecule has 38 heavy (non-hydrogen) atoms. The highest BCUT2D eigenvalue weighted by atomic mass is 127. The molecule has 0 fully saturated rings. The molecule has 0 unspecified atom stereocenters. The normalized spacial score (nSPS) is 13.2. The van der Waals surface area contributed by atoms with E-state index in [-0.39, 0.29) is 18.2 Å². The average molecular weight is 636 g/mol. The van der Waals surface area contributed by atoms with Crippen molar-refractivity contribution in [3.05, 3.63) is 71.8 Å². The molecule has 0 bridgehead atoms. The van der Waals surface area contributed by atoms with Crippen LogP contribution in [0.2, 0.25) is 0 Å². The Balaban J connectivity index is 2.16. The highest BCUT2D eigenvalue weighted by molar-refractivity contribution is 14.1. The molecule has 3 atom stereocenters. The Hall–Kier alpha value is -2.95. The minimum atomic E-state index is -0.904. The number of halogens is 1. The SMILES string of the molecule is COC(=O)[C@H](Cc1ccccc1)NC(=O)[C@H](CC(C)C)NC(=O)[C@H](CCc1ccccc1)NC(=O)CCI. The van der Waals surface area contributed by atoms with Crippen LogP contribution in [0.5, 0.6) is 0 Å². The third-order valence-electron chi connectivity index (χ3n) is 5.96. The van der Waals surface area contributed by atoms with E-state index in [0.29, 0.717) is 30.1 Å². The van der Waals surface area contributed by atoms with Gasteiger partial charge in [-0.15, -0.1) is 0 Å². The summed E-state index contributed by atoms with van der Waals surface area (Å²) in [6.45, 7) is 3.90. The van der Waals surface area contributed by atoms with Gasteiger partial charge in [0, 0.05) is 17.3 Å². The van der Waals surface area contributed by atoms with E-state index < -0.39 is 35.9 Å². The Morgan fingerprint density at radius 2 is 1.34 bits per heavy atom. The van der Waals surface area contributed by atoms with Crippen molar-refractivity contribution in [2.24, 2.45) is 5.92 Å². The molecular formula is C29H38IN3O5. The van der Waals surface area contributed by atoms with Crippen LogP contribution in [0.3, 0.4) is 0 Å². The van der Waals surface area contributed by atoms with Gasteiger partial charge < -0.3 is 20.7 Å². The molecule has 0 aromatic heterocycles. The summed E-state index contributed by atoms with van der Waals surface area (Å²) in [6.07, 6.45) is 1.90. The number of carbonyl (C=O) groups excluding carboxylic acids is 4. The Morgan fingerprint density at radius 3 is 1.89 bits per heavy atom. The summed E-state index contributed by atoms with van der Waals surface area (Å²) in [5.74, 6) is -1.59. The smallest absolute Gasteiger partial charge is 0.328 e. The lowest BCUT2D eigenvalue weighted by Gasteiger charge is -2.26. The third-order valence-corrected chi connectivity index (χ3v) is 6.50. The first-order chi connectivity index (χ1) is 18.2. The van der Waals surface area contributed by atoms with Crippen LogP contribution in [0.4, 0.5) is 0 Å². The zero-order valence-electron chi connectivity index (χ0n) is 22.2. The van der Waals surface area contributed by atoms with Crippen molar-refractivity contribution in [2.75, 3.05) is 11.5 Å². The second-order valence-electron chi connectivity index (χ2n) is 9.55. The summed E-state index contributed by atoms with van der Waals surface area (Å²) in [5.41, 5.74) is 1.92. The molecule has 206 valence electrons. The Labute approximate surface area is 238 Å². The van der Waals surface area contributed by atoms with Crippen molar-refractivity contribution in [3.63, 3.8) is 0 Å². The van der Waals surface area contributed by atoms with Crippen LogP contribution >= 0.6 is 22.6 Å². The highest BCUT2D eigenvalue weighted by Gasteiger charge is 2.30. The number of nitrogens with one attached hydrogen (secondary N) is 3.